The van der Waals surface area contributed by atoms with Crippen molar-refractivity contribution in [1.29, 1.82) is 0 Å². The predicted molar refractivity (Wildman–Crippen MR) is 80.6 cm³/mol. The Morgan fingerprint density at radius 1 is 1.40 bits per heavy atom. The topological polar surface area (TPSA) is 54.9 Å². The number of ether oxygens (including phenoxy) is 2. The number of nitrogens with zero attached hydrogens (tertiary/aromatic N) is 1. The zero-order chi connectivity index (χ0) is 14.4. The molecule has 1 aromatic carbocycles. The van der Waals surface area contributed by atoms with E-state index in [9.17, 15) is 0 Å². The molecule has 2 N–H and O–H groups in total. The number of guanidine groups is 1. The van der Waals surface area contributed by atoms with Gasteiger partial charge in [-0.05, 0) is 25.5 Å². The minimum atomic E-state index is -0.0135. The van der Waals surface area contributed by atoms with Crippen molar-refractivity contribution in [2.45, 2.75) is 32.4 Å². The lowest BCUT2D eigenvalue weighted by atomic mass is 10.2. The Morgan fingerprint density at radius 3 is 2.85 bits per heavy atom. The summed E-state index contributed by atoms with van der Waals surface area (Å²) in [7, 11) is 1.77. The molecule has 0 saturated heterocycles. The number of aliphatic imine (C=N–C) groups is 1. The Labute approximate surface area is 120 Å². The van der Waals surface area contributed by atoms with Gasteiger partial charge in [-0.15, -0.1) is 0 Å². The molecule has 0 saturated carbocycles. The average Bonchev–Trinajstić information content (AvgIpc) is 2.50. The summed E-state index contributed by atoms with van der Waals surface area (Å²) in [5.41, 5.74) is 0. The lowest BCUT2D eigenvalue weighted by molar-refractivity contribution is 0.0936. The summed E-state index contributed by atoms with van der Waals surface area (Å²) >= 11 is 0. The number of benzene rings is 1. The number of fused-ring (bicyclic) bond motifs is 1. The number of hydrogen-bond acceptors (Lipinski definition) is 3. The zero-order valence-corrected chi connectivity index (χ0v) is 12.3. The molecule has 0 amide bonds. The maximum atomic E-state index is 5.89. The van der Waals surface area contributed by atoms with Crippen molar-refractivity contribution in [2.24, 2.45) is 4.99 Å². The van der Waals surface area contributed by atoms with E-state index in [0.717, 1.165) is 23.9 Å². The van der Waals surface area contributed by atoms with E-state index in [2.05, 4.69) is 29.5 Å². The maximum Gasteiger partial charge on any atom is 0.191 e. The molecule has 0 bridgehead atoms. The Hall–Kier alpha value is -1.91. The van der Waals surface area contributed by atoms with E-state index < -0.39 is 0 Å². The molecular weight excluding hydrogens is 254 g/mol. The summed E-state index contributed by atoms with van der Waals surface area (Å²) in [4.78, 5) is 4.20. The van der Waals surface area contributed by atoms with Gasteiger partial charge in [0.25, 0.3) is 0 Å². The summed E-state index contributed by atoms with van der Waals surface area (Å²) in [6.45, 7) is 5.47. The summed E-state index contributed by atoms with van der Waals surface area (Å²) in [6.07, 6.45) is 1.04. The van der Waals surface area contributed by atoms with Gasteiger partial charge in [0.2, 0.25) is 0 Å². The van der Waals surface area contributed by atoms with E-state index in [1.54, 1.807) is 7.05 Å². The van der Waals surface area contributed by atoms with Crippen molar-refractivity contribution < 1.29 is 9.47 Å². The van der Waals surface area contributed by atoms with E-state index in [4.69, 9.17) is 9.47 Å². The van der Waals surface area contributed by atoms with Crippen LogP contribution in [0.2, 0.25) is 0 Å². The molecular formula is C15H23N3O2. The van der Waals surface area contributed by atoms with Crippen molar-refractivity contribution in [3.05, 3.63) is 24.3 Å². The molecule has 2 rings (SSSR count). The first-order valence-electron chi connectivity index (χ1n) is 7.08. The average molecular weight is 277 g/mol. The fourth-order valence-corrected chi connectivity index (χ4v) is 1.90. The minimum Gasteiger partial charge on any atom is -0.486 e. The van der Waals surface area contributed by atoms with Crippen molar-refractivity contribution in [2.75, 3.05) is 20.2 Å². The van der Waals surface area contributed by atoms with Gasteiger partial charge in [0.05, 0.1) is 6.54 Å². The van der Waals surface area contributed by atoms with Crippen LogP contribution in [0.3, 0.4) is 0 Å². The first-order chi connectivity index (χ1) is 9.72. The van der Waals surface area contributed by atoms with E-state index in [1.165, 1.54) is 0 Å². The molecule has 5 nitrogen and oxygen atoms in total. The largest absolute Gasteiger partial charge is 0.486 e. The van der Waals surface area contributed by atoms with Gasteiger partial charge in [0.1, 0.15) is 12.7 Å². The summed E-state index contributed by atoms with van der Waals surface area (Å²) in [5.74, 6) is 2.41. The van der Waals surface area contributed by atoms with Crippen LogP contribution in [0.5, 0.6) is 11.5 Å². The van der Waals surface area contributed by atoms with E-state index in [1.807, 2.05) is 24.3 Å². The van der Waals surface area contributed by atoms with Crippen LogP contribution >= 0.6 is 0 Å². The second-order valence-electron chi connectivity index (χ2n) is 4.90. The Balaban J connectivity index is 1.83. The number of para-hydroxylation sites is 2. The first kappa shape index (κ1) is 14.5. The minimum absolute atomic E-state index is 0.0135. The predicted octanol–water partition coefficient (Wildman–Crippen LogP) is 1.79. The summed E-state index contributed by atoms with van der Waals surface area (Å²) in [5, 5.41) is 6.59. The molecule has 0 aromatic heterocycles. The molecule has 2 atom stereocenters. The fraction of sp³-hybridized carbons (Fsp3) is 0.533. The zero-order valence-electron chi connectivity index (χ0n) is 12.3. The van der Waals surface area contributed by atoms with Gasteiger partial charge in [-0.3, -0.25) is 4.99 Å². The normalized spacial score (nSPS) is 19.4. The molecule has 1 aliphatic heterocycles. The van der Waals surface area contributed by atoms with Crippen LogP contribution in [-0.2, 0) is 0 Å². The number of hydrogen-bond donors (Lipinski definition) is 2. The van der Waals surface area contributed by atoms with E-state index >= 15 is 0 Å². The number of nitrogens with one attached hydrogen (secondary N) is 2. The van der Waals surface area contributed by atoms with Gasteiger partial charge in [-0.1, -0.05) is 19.1 Å². The number of rotatable bonds is 4. The SMILES string of the molecule is CCC(C)NC(=NC)NCC1COc2ccccc2O1. The monoisotopic (exact) mass is 277 g/mol. The highest BCUT2D eigenvalue weighted by atomic mass is 16.6. The van der Waals surface area contributed by atoms with Crippen LogP contribution in [-0.4, -0.2) is 38.3 Å². The molecule has 1 aromatic rings. The smallest absolute Gasteiger partial charge is 0.191 e. The van der Waals surface area contributed by atoms with E-state index in [-0.39, 0.29) is 6.10 Å². The molecule has 20 heavy (non-hydrogen) atoms. The molecule has 0 aliphatic carbocycles. The van der Waals surface area contributed by atoms with Crippen LogP contribution in [0.4, 0.5) is 0 Å². The molecule has 5 heteroatoms. The van der Waals surface area contributed by atoms with Gasteiger partial charge in [0.15, 0.2) is 17.5 Å². The molecule has 0 radical (unpaired) electrons. The van der Waals surface area contributed by atoms with E-state index in [0.29, 0.717) is 19.2 Å². The highest BCUT2D eigenvalue weighted by Crippen LogP contribution is 2.30. The maximum absolute atomic E-state index is 5.89. The standard InChI is InChI=1S/C15H23N3O2/c1-4-11(2)18-15(16-3)17-9-12-10-19-13-7-5-6-8-14(13)20-12/h5-8,11-12H,4,9-10H2,1-3H3,(H2,16,17,18). The first-order valence-corrected chi connectivity index (χ1v) is 7.08. The summed E-state index contributed by atoms with van der Waals surface area (Å²) in [6, 6.07) is 8.13. The molecule has 1 aliphatic rings. The van der Waals surface area contributed by atoms with Crippen LogP contribution in [0.25, 0.3) is 0 Å². The van der Waals surface area contributed by atoms with Crippen LogP contribution in [0.15, 0.2) is 29.3 Å². The van der Waals surface area contributed by atoms with Gasteiger partial charge in [-0.25, -0.2) is 0 Å². The van der Waals surface area contributed by atoms with Crippen LogP contribution < -0.4 is 20.1 Å². The molecule has 0 fully saturated rings. The van der Waals surface area contributed by atoms with Crippen molar-refractivity contribution in [3.8, 4) is 11.5 Å². The third-order valence-corrected chi connectivity index (χ3v) is 3.28. The Kier molecular flexibility index (Phi) is 5.09. The second kappa shape index (κ2) is 7.03. The van der Waals surface area contributed by atoms with Gasteiger partial charge in [-0.2, -0.15) is 0 Å². The third kappa shape index (κ3) is 3.79. The van der Waals surface area contributed by atoms with Gasteiger partial charge in [0, 0.05) is 13.1 Å². The molecule has 110 valence electrons. The van der Waals surface area contributed by atoms with Crippen LogP contribution in [0.1, 0.15) is 20.3 Å². The van der Waals surface area contributed by atoms with Crippen molar-refractivity contribution in [1.82, 2.24) is 10.6 Å². The quantitative estimate of drug-likeness (QED) is 0.651. The fourth-order valence-electron chi connectivity index (χ4n) is 1.90. The highest BCUT2D eigenvalue weighted by Gasteiger charge is 2.20. The molecule has 0 spiro atoms. The Bertz CT molecular complexity index is 462. The van der Waals surface area contributed by atoms with Crippen molar-refractivity contribution >= 4 is 5.96 Å². The lowest BCUT2D eigenvalue weighted by Crippen LogP contribution is -2.47. The third-order valence-electron chi connectivity index (χ3n) is 3.28. The molecule has 1 heterocycles. The second-order valence-corrected chi connectivity index (χ2v) is 4.90. The summed E-state index contributed by atoms with van der Waals surface area (Å²) < 4.78 is 11.6. The Morgan fingerprint density at radius 2 is 2.15 bits per heavy atom. The van der Waals surface area contributed by atoms with Crippen LogP contribution in [0, 0.1) is 0 Å². The van der Waals surface area contributed by atoms with Gasteiger partial charge >= 0.3 is 0 Å². The van der Waals surface area contributed by atoms with Gasteiger partial charge < -0.3 is 20.1 Å². The molecule has 2 unspecified atom stereocenters. The van der Waals surface area contributed by atoms with Crippen molar-refractivity contribution in [3.63, 3.8) is 0 Å². The highest BCUT2D eigenvalue weighted by molar-refractivity contribution is 5.79. The lowest BCUT2D eigenvalue weighted by Gasteiger charge is -2.27.